The van der Waals surface area contributed by atoms with Gasteiger partial charge in [0, 0.05) is 43.7 Å². The topological polar surface area (TPSA) is 77.1 Å². The van der Waals surface area contributed by atoms with Crippen molar-refractivity contribution in [2.24, 2.45) is 0 Å². The number of rotatable bonds is 7. The van der Waals surface area contributed by atoms with E-state index in [4.69, 9.17) is 14.2 Å². The van der Waals surface area contributed by atoms with Crippen LogP contribution in [0, 0.1) is 0 Å². The molecule has 0 atom stereocenters. The fourth-order valence-corrected chi connectivity index (χ4v) is 2.20. The summed E-state index contributed by atoms with van der Waals surface area (Å²) in [5, 5.41) is 2.64. The van der Waals surface area contributed by atoms with Gasteiger partial charge in [-0.05, 0) is 18.2 Å². The fraction of sp³-hybridized carbons (Fsp3) is 0.263. The maximum atomic E-state index is 12.1. The summed E-state index contributed by atoms with van der Waals surface area (Å²) in [6, 6.07) is 11.9. The summed E-state index contributed by atoms with van der Waals surface area (Å²) in [7, 11) is 6.79. The number of nitrogens with zero attached hydrogens (tertiary/aromatic N) is 1. The van der Waals surface area contributed by atoms with Crippen molar-refractivity contribution >= 4 is 23.3 Å². The number of carbonyl (C=O) groups is 2. The van der Waals surface area contributed by atoms with Gasteiger partial charge in [0.2, 0.25) is 0 Å². The molecule has 0 heterocycles. The van der Waals surface area contributed by atoms with Crippen molar-refractivity contribution in [3.05, 3.63) is 48.0 Å². The van der Waals surface area contributed by atoms with Crippen LogP contribution < -0.4 is 19.7 Å². The highest BCUT2D eigenvalue weighted by atomic mass is 16.5. The van der Waals surface area contributed by atoms with E-state index in [0.29, 0.717) is 22.7 Å². The lowest BCUT2D eigenvalue weighted by Gasteiger charge is -2.13. The molecular formula is C19H22N2O5. The van der Waals surface area contributed by atoms with Gasteiger partial charge in [-0.25, -0.2) is 4.79 Å². The number of methoxy groups -OCH3 is 2. The molecule has 1 amide bonds. The van der Waals surface area contributed by atoms with Crippen LogP contribution in [0.3, 0.4) is 0 Å². The summed E-state index contributed by atoms with van der Waals surface area (Å²) in [5.41, 5.74) is 1.73. The third-order valence-corrected chi connectivity index (χ3v) is 3.57. The second-order valence-corrected chi connectivity index (χ2v) is 5.67. The van der Waals surface area contributed by atoms with Crippen LogP contribution in [0.1, 0.15) is 10.4 Å². The molecular weight excluding hydrogens is 336 g/mol. The minimum Gasteiger partial charge on any atom is -0.497 e. The smallest absolute Gasteiger partial charge is 0.338 e. The molecule has 0 spiro atoms. The number of benzene rings is 2. The number of nitrogens with one attached hydrogen (secondary N) is 1. The number of anilines is 2. The van der Waals surface area contributed by atoms with Crippen molar-refractivity contribution in [2.45, 2.75) is 0 Å². The van der Waals surface area contributed by atoms with Gasteiger partial charge in [-0.1, -0.05) is 6.07 Å². The molecule has 7 nitrogen and oxygen atoms in total. The highest BCUT2D eigenvalue weighted by Crippen LogP contribution is 2.25. The molecule has 0 saturated heterocycles. The quantitative estimate of drug-likeness (QED) is 0.767. The Bertz CT molecular complexity index is 767. The van der Waals surface area contributed by atoms with Gasteiger partial charge in [0.25, 0.3) is 5.91 Å². The average molecular weight is 358 g/mol. The van der Waals surface area contributed by atoms with Crippen molar-refractivity contribution in [2.75, 3.05) is 45.1 Å². The SMILES string of the molecule is COc1cc(NC(=O)COC(=O)c2cccc(N(C)C)c2)cc(OC)c1. The van der Waals surface area contributed by atoms with E-state index in [1.54, 1.807) is 36.4 Å². The Labute approximate surface area is 152 Å². The number of hydrogen-bond donors (Lipinski definition) is 1. The van der Waals surface area contributed by atoms with Gasteiger partial charge in [-0.2, -0.15) is 0 Å². The van der Waals surface area contributed by atoms with Gasteiger partial charge < -0.3 is 24.4 Å². The number of esters is 1. The van der Waals surface area contributed by atoms with Crippen LogP contribution in [0.25, 0.3) is 0 Å². The molecule has 0 radical (unpaired) electrons. The first-order chi connectivity index (χ1) is 12.4. The van der Waals surface area contributed by atoms with E-state index < -0.39 is 18.5 Å². The van der Waals surface area contributed by atoms with Gasteiger partial charge in [-0.3, -0.25) is 4.79 Å². The Morgan fingerprint density at radius 2 is 1.65 bits per heavy atom. The van der Waals surface area contributed by atoms with Crippen LogP contribution in [0.2, 0.25) is 0 Å². The monoisotopic (exact) mass is 358 g/mol. The highest BCUT2D eigenvalue weighted by Gasteiger charge is 2.12. The van der Waals surface area contributed by atoms with Gasteiger partial charge in [0.05, 0.1) is 19.8 Å². The number of carbonyl (C=O) groups excluding carboxylic acids is 2. The summed E-state index contributed by atoms with van der Waals surface area (Å²) >= 11 is 0. The van der Waals surface area contributed by atoms with Crippen molar-refractivity contribution in [1.82, 2.24) is 0 Å². The first-order valence-electron chi connectivity index (χ1n) is 7.90. The number of hydrogen-bond acceptors (Lipinski definition) is 6. The van der Waals surface area contributed by atoms with Gasteiger partial charge >= 0.3 is 5.97 Å². The Balaban J connectivity index is 1.96. The van der Waals surface area contributed by atoms with Gasteiger partial charge in [0.15, 0.2) is 6.61 Å². The highest BCUT2D eigenvalue weighted by molar-refractivity contribution is 5.96. The van der Waals surface area contributed by atoms with E-state index in [1.165, 1.54) is 14.2 Å². The van der Waals surface area contributed by atoms with Crippen molar-refractivity contribution in [3.8, 4) is 11.5 Å². The molecule has 0 aliphatic heterocycles. The first-order valence-corrected chi connectivity index (χ1v) is 7.90. The molecule has 2 aromatic rings. The Kier molecular flexibility index (Phi) is 6.43. The second-order valence-electron chi connectivity index (χ2n) is 5.67. The summed E-state index contributed by atoms with van der Waals surface area (Å²) in [5.74, 6) is 0.0544. The molecule has 138 valence electrons. The summed E-state index contributed by atoms with van der Waals surface area (Å²) < 4.78 is 15.4. The van der Waals surface area contributed by atoms with Gasteiger partial charge in [0.1, 0.15) is 11.5 Å². The van der Waals surface area contributed by atoms with Crippen LogP contribution in [0.15, 0.2) is 42.5 Å². The van der Waals surface area contributed by atoms with Crippen LogP contribution in [-0.2, 0) is 9.53 Å². The maximum Gasteiger partial charge on any atom is 0.338 e. The third-order valence-electron chi connectivity index (χ3n) is 3.57. The minimum absolute atomic E-state index is 0.382. The van der Waals surface area contributed by atoms with E-state index in [9.17, 15) is 9.59 Å². The van der Waals surface area contributed by atoms with Crippen molar-refractivity contribution in [3.63, 3.8) is 0 Å². The van der Waals surface area contributed by atoms with E-state index >= 15 is 0 Å². The van der Waals surface area contributed by atoms with Crippen molar-refractivity contribution < 1.29 is 23.8 Å². The van der Waals surface area contributed by atoms with Crippen LogP contribution in [0.5, 0.6) is 11.5 Å². The lowest BCUT2D eigenvalue weighted by atomic mass is 10.2. The van der Waals surface area contributed by atoms with E-state index in [-0.39, 0.29) is 0 Å². The average Bonchev–Trinajstić information content (AvgIpc) is 2.65. The van der Waals surface area contributed by atoms with Crippen LogP contribution in [0.4, 0.5) is 11.4 Å². The molecule has 7 heteroatoms. The molecule has 0 unspecified atom stereocenters. The summed E-state index contributed by atoms with van der Waals surface area (Å²) in [4.78, 5) is 26.0. The summed E-state index contributed by atoms with van der Waals surface area (Å²) in [6.45, 7) is -0.398. The zero-order valence-electron chi connectivity index (χ0n) is 15.2. The molecule has 0 bridgehead atoms. The molecule has 26 heavy (non-hydrogen) atoms. The normalized spacial score (nSPS) is 10.0. The predicted molar refractivity (Wildman–Crippen MR) is 99.2 cm³/mol. The predicted octanol–water partition coefficient (Wildman–Crippen LogP) is 2.57. The molecule has 0 fully saturated rings. The molecule has 0 aromatic heterocycles. The zero-order valence-corrected chi connectivity index (χ0v) is 15.2. The fourth-order valence-electron chi connectivity index (χ4n) is 2.20. The van der Waals surface area contributed by atoms with E-state index in [2.05, 4.69) is 5.32 Å². The Morgan fingerprint density at radius 1 is 1.00 bits per heavy atom. The zero-order chi connectivity index (χ0) is 19.1. The largest absolute Gasteiger partial charge is 0.497 e. The van der Waals surface area contributed by atoms with Gasteiger partial charge in [-0.15, -0.1) is 0 Å². The van der Waals surface area contributed by atoms with Crippen molar-refractivity contribution in [1.29, 1.82) is 0 Å². The lowest BCUT2D eigenvalue weighted by molar-refractivity contribution is -0.119. The van der Waals surface area contributed by atoms with Crippen LogP contribution >= 0.6 is 0 Å². The standard InChI is InChI=1S/C19H22N2O5/c1-21(2)15-7-5-6-13(8-15)19(23)26-12-18(22)20-14-9-16(24-3)11-17(10-14)25-4/h5-11H,12H2,1-4H3,(H,20,22). The first kappa shape index (κ1) is 19.1. The molecule has 2 aromatic carbocycles. The molecule has 2 rings (SSSR count). The molecule has 1 N–H and O–H groups in total. The Morgan fingerprint density at radius 3 is 2.23 bits per heavy atom. The molecule has 0 aliphatic rings. The van der Waals surface area contributed by atoms with E-state index in [0.717, 1.165) is 5.69 Å². The number of amides is 1. The summed E-state index contributed by atoms with van der Waals surface area (Å²) in [6.07, 6.45) is 0. The second kappa shape index (κ2) is 8.75. The molecule has 0 aliphatic carbocycles. The van der Waals surface area contributed by atoms with E-state index in [1.807, 2.05) is 25.1 Å². The maximum absolute atomic E-state index is 12.1. The number of ether oxygens (including phenoxy) is 3. The third kappa shape index (κ3) is 5.14. The lowest BCUT2D eigenvalue weighted by Crippen LogP contribution is -2.21. The Hall–Kier alpha value is -3.22. The minimum atomic E-state index is -0.563. The molecule has 0 saturated carbocycles. The van der Waals surface area contributed by atoms with Crippen LogP contribution in [-0.4, -0.2) is 46.8 Å².